The number of aromatic amines is 1. The highest BCUT2D eigenvalue weighted by atomic mass is 32.1. The van der Waals surface area contributed by atoms with Crippen LogP contribution in [0.4, 0.5) is 5.13 Å². The highest BCUT2D eigenvalue weighted by Crippen LogP contribution is 2.32. The van der Waals surface area contributed by atoms with Gasteiger partial charge >= 0.3 is 5.97 Å². The van der Waals surface area contributed by atoms with Gasteiger partial charge in [-0.05, 0) is 49.4 Å². The van der Waals surface area contributed by atoms with Crippen LogP contribution in [-0.2, 0) is 9.53 Å². The summed E-state index contributed by atoms with van der Waals surface area (Å²) in [6.45, 7) is 1.51. The maximum atomic E-state index is 12.7. The number of carbonyl (C=O) groups excluding carboxylic acids is 2. The second kappa shape index (κ2) is 9.96. The van der Waals surface area contributed by atoms with Gasteiger partial charge in [-0.15, -0.1) is 11.3 Å². The summed E-state index contributed by atoms with van der Waals surface area (Å²) in [5.74, 6) is 0.230. The highest BCUT2D eigenvalue weighted by molar-refractivity contribution is 7.14. The summed E-state index contributed by atoms with van der Waals surface area (Å²) in [4.78, 5) is 41.6. The van der Waals surface area contributed by atoms with Crippen LogP contribution in [0.1, 0.15) is 17.3 Å². The molecule has 36 heavy (non-hydrogen) atoms. The number of fused-ring (bicyclic) bond motifs is 1. The molecule has 2 aromatic carbocycles. The topological polar surface area (TPSA) is 119 Å². The lowest BCUT2D eigenvalue weighted by Crippen LogP contribution is -2.30. The van der Waals surface area contributed by atoms with Crippen LogP contribution in [0.15, 0.2) is 72.4 Å². The van der Waals surface area contributed by atoms with E-state index in [9.17, 15) is 9.59 Å². The van der Waals surface area contributed by atoms with Gasteiger partial charge in [0.25, 0.3) is 5.91 Å². The molecule has 0 aliphatic carbocycles. The maximum Gasteiger partial charge on any atom is 0.338 e. The third-order valence-corrected chi connectivity index (χ3v) is 6.18. The number of hydrogen-bond donors (Lipinski definition) is 2. The fourth-order valence-electron chi connectivity index (χ4n) is 3.58. The first-order chi connectivity index (χ1) is 17.5. The Hall–Kier alpha value is -4.57. The third-order valence-electron chi connectivity index (χ3n) is 5.42. The minimum atomic E-state index is -1.03. The fourth-order valence-corrected chi connectivity index (χ4v) is 4.29. The molecule has 0 saturated carbocycles. The van der Waals surface area contributed by atoms with Crippen molar-refractivity contribution in [2.75, 3.05) is 12.4 Å². The van der Waals surface area contributed by atoms with Gasteiger partial charge in [0.2, 0.25) is 0 Å². The number of hydrogen-bond acceptors (Lipinski definition) is 8. The number of nitrogens with zero attached hydrogens (tertiary/aromatic N) is 3. The van der Waals surface area contributed by atoms with E-state index in [1.165, 1.54) is 18.3 Å². The van der Waals surface area contributed by atoms with Gasteiger partial charge in [-0.1, -0.05) is 12.1 Å². The van der Waals surface area contributed by atoms with E-state index < -0.39 is 18.0 Å². The molecule has 0 spiro atoms. The molecule has 2 N–H and O–H groups in total. The van der Waals surface area contributed by atoms with Gasteiger partial charge in [0.1, 0.15) is 11.6 Å². The number of thiazole rings is 1. The molecule has 9 nitrogen and oxygen atoms in total. The number of ether oxygens (including phenoxy) is 2. The van der Waals surface area contributed by atoms with Gasteiger partial charge in [0, 0.05) is 28.9 Å². The van der Waals surface area contributed by atoms with Crippen LogP contribution in [0, 0.1) is 0 Å². The van der Waals surface area contributed by atoms with E-state index in [2.05, 4.69) is 25.3 Å². The molecular weight excluding hydrogens is 478 g/mol. The van der Waals surface area contributed by atoms with Gasteiger partial charge in [-0.3, -0.25) is 15.1 Å². The Morgan fingerprint density at radius 3 is 2.75 bits per heavy atom. The van der Waals surface area contributed by atoms with E-state index >= 15 is 0 Å². The highest BCUT2D eigenvalue weighted by Gasteiger charge is 2.21. The van der Waals surface area contributed by atoms with Crippen LogP contribution in [0.2, 0.25) is 0 Å². The summed E-state index contributed by atoms with van der Waals surface area (Å²) in [6.07, 6.45) is 2.36. The average Bonchev–Trinajstić information content (AvgIpc) is 3.55. The first kappa shape index (κ1) is 23.2. The van der Waals surface area contributed by atoms with Crippen molar-refractivity contribution in [1.29, 1.82) is 0 Å². The zero-order chi connectivity index (χ0) is 25.1. The number of benzene rings is 2. The zero-order valence-electron chi connectivity index (χ0n) is 19.4. The third kappa shape index (κ3) is 4.80. The number of para-hydroxylation sites is 1. The SMILES string of the molecule is COc1ccccc1-c1csc(NC(=O)C(C)OC(=O)c2ccc3nc(-c4cccnc4)[nH]c3c2)n1. The predicted molar refractivity (Wildman–Crippen MR) is 137 cm³/mol. The Labute approximate surface area is 210 Å². The van der Waals surface area contributed by atoms with Gasteiger partial charge in [-0.2, -0.15) is 0 Å². The number of methoxy groups -OCH3 is 1. The van der Waals surface area contributed by atoms with E-state index in [1.54, 1.807) is 37.7 Å². The van der Waals surface area contributed by atoms with Crippen LogP contribution in [0.3, 0.4) is 0 Å². The number of amides is 1. The number of aromatic nitrogens is 4. The molecule has 0 saturated heterocycles. The first-order valence-electron chi connectivity index (χ1n) is 11.0. The normalized spacial score (nSPS) is 11.7. The van der Waals surface area contributed by atoms with Crippen molar-refractivity contribution in [1.82, 2.24) is 19.9 Å². The van der Waals surface area contributed by atoms with Crippen molar-refractivity contribution < 1.29 is 19.1 Å². The number of rotatable bonds is 7. The van der Waals surface area contributed by atoms with Crippen molar-refractivity contribution in [3.05, 3.63) is 77.9 Å². The molecule has 5 rings (SSSR count). The summed E-state index contributed by atoms with van der Waals surface area (Å²) < 4.78 is 10.8. The van der Waals surface area contributed by atoms with Gasteiger partial charge in [0.05, 0.1) is 29.4 Å². The molecule has 1 amide bonds. The number of nitrogens with one attached hydrogen (secondary N) is 2. The summed E-state index contributed by atoms with van der Waals surface area (Å²) in [6, 6.07) is 16.2. The van der Waals surface area contributed by atoms with Crippen LogP contribution in [0.5, 0.6) is 5.75 Å². The molecule has 5 aromatic rings. The van der Waals surface area contributed by atoms with E-state index in [0.717, 1.165) is 11.1 Å². The first-order valence-corrected chi connectivity index (χ1v) is 11.9. The molecule has 0 aliphatic rings. The van der Waals surface area contributed by atoms with Gasteiger partial charge < -0.3 is 14.5 Å². The van der Waals surface area contributed by atoms with Crippen LogP contribution >= 0.6 is 11.3 Å². The smallest absolute Gasteiger partial charge is 0.338 e. The lowest BCUT2D eigenvalue weighted by molar-refractivity contribution is -0.123. The molecule has 0 radical (unpaired) electrons. The molecule has 0 aliphatic heterocycles. The average molecular weight is 500 g/mol. The second-order valence-corrected chi connectivity index (χ2v) is 8.69. The minimum Gasteiger partial charge on any atom is -0.496 e. The predicted octanol–water partition coefficient (Wildman–Crippen LogP) is 4.94. The molecule has 1 atom stereocenters. The van der Waals surface area contributed by atoms with Crippen LogP contribution in [-0.4, -0.2) is 45.0 Å². The molecule has 3 aromatic heterocycles. The molecule has 10 heteroatoms. The lowest BCUT2D eigenvalue weighted by atomic mass is 10.1. The molecule has 0 fully saturated rings. The minimum absolute atomic E-state index is 0.302. The van der Waals surface area contributed by atoms with Crippen molar-refractivity contribution in [2.24, 2.45) is 0 Å². The lowest BCUT2D eigenvalue weighted by Gasteiger charge is -2.12. The van der Waals surface area contributed by atoms with Crippen LogP contribution in [0.25, 0.3) is 33.7 Å². The Kier molecular flexibility index (Phi) is 6.42. The summed E-state index contributed by atoms with van der Waals surface area (Å²) in [5.41, 5.74) is 4.00. The number of anilines is 1. The molecule has 1 unspecified atom stereocenters. The van der Waals surface area contributed by atoms with Crippen molar-refractivity contribution in [3.8, 4) is 28.4 Å². The Morgan fingerprint density at radius 1 is 1.08 bits per heavy atom. The standard InChI is InChI=1S/C26H21N5O4S/c1-15(24(32)31-26-30-21(14-36-26)18-7-3-4-8-22(18)34-2)35-25(33)16-9-10-19-20(12-16)29-23(28-19)17-6-5-11-27-13-17/h3-15H,1-2H3,(H,28,29)(H,30,31,32). The number of esters is 1. The van der Waals surface area contributed by atoms with Gasteiger partial charge in [-0.25, -0.2) is 14.8 Å². The van der Waals surface area contributed by atoms with E-state index in [1.807, 2.05) is 41.8 Å². The fraction of sp³-hybridized carbons (Fsp3) is 0.115. The summed E-state index contributed by atoms with van der Waals surface area (Å²) >= 11 is 1.27. The number of imidazole rings is 1. The van der Waals surface area contributed by atoms with Gasteiger partial charge in [0.15, 0.2) is 11.2 Å². The maximum absolute atomic E-state index is 12.7. The van der Waals surface area contributed by atoms with E-state index in [-0.39, 0.29) is 0 Å². The van der Waals surface area contributed by atoms with Crippen molar-refractivity contribution >= 4 is 39.4 Å². The molecule has 3 heterocycles. The van der Waals surface area contributed by atoms with Crippen molar-refractivity contribution in [2.45, 2.75) is 13.0 Å². The number of H-pyrrole nitrogens is 1. The zero-order valence-corrected chi connectivity index (χ0v) is 20.2. The molecule has 0 bridgehead atoms. The van der Waals surface area contributed by atoms with E-state index in [4.69, 9.17) is 9.47 Å². The Morgan fingerprint density at radius 2 is 1.94 bits per heavy atom. The quantitative estimate of drug-likeness (QED) is 0.304. The summed E-state index contributed by atoms with van der Waals surface area (Å²) in [5, 5.41) is 4.92. The summed E-state index contributed by atoms with van der Waals surface area (Å²) in [7, 11) is 1.59. The van der Waals surface area contributed by atoms with E-state index in [0.29, 0.717) is 39.0 Å². The Balaban J connectivity index is 1.25. The molecular formula is C26H21N5O4S. The van der Waals surface area contributed by atoms with Crippen LogP contribution < -0.4 is 10.1 Å². The second-order valence-electron chi connectivity index (χ2n) is 7.83. The number of carbonyl (C=O) groups is 2. The largest absolute Gasteiger partial charge is 0.496 e. The Bertz CT molecular complexity index is 1550. The number of pyridine rings is 1. The molecule has 180 valence electrons. The monoisotopic (exact) mass is 499 g/mol. The van der Waals surface area contributed by atoms with Crippen molar-refractivity contribution in [3.63, 3.8) is 0 Å².